The molecule has 1 heterocycles. The molecule has 25 heavy (non-hydrogen) atoms. The van der Waals surface area contributed by atoms with Crippen LogP contribution in [0.15, 0.2) is 11.3 Å². The summed E-state index contributed by atoms with van der Waals surface area (Å²) < 4.78 is 28.0. The number of methoxy groups -OCH3 is 1. The second kappa shape index (κ2) is 11.7. The van der Waals surface area contributed by atoms with Gasteiger partial charge in [0.1, 0.15) is 5.76 Å². The molecule has 0 aromatic heterocycles. The highest BCUT2D eigenvalue weighted by Gasteiger charge is 2.35. The van der Waals surface area contributed by atoms with Crippen molar-refractivity contribution in [3.8, 4) is 0 Å². The van der Waals surface area contributed by atoms with E-state index in [4.69, 9.17) is 13.8 Å². The number of carbonyl (C=O) groups is 1. The molecular weight excluding hydrogens is 339 g/mol. The summed E-state index contributed by atoms with van der Waals surface area (Å²) in [6.45, 7) is 3.91. The molecule has 1 aliphatic rings. The molecule has 0 aliphatic carbocycles. The van der Waals surface area contributed by atoms with E-state index in [1.54, 1.807) is 6.92 Å². The van der Waals surface area contributed by atoms with Gasteiger partial charge in [-0.2, -0.15) is 0 Å². The highest BCUT2D eigenvalue weighted by molar-refractivity contribution is 7.53. The summed E-state index contributed by atoms with van der Waals surface area (Å²) in [5, 5.41) is 0. The number of rotatable bonds is 11. The molecule has 0 saturated carbocycles. The SMILES string of the molecule is CCCCCCCCCC[C@H]1CC[P@](=O)(OC)OC(C)=C1C(=O)OC. The monoisotopic (exact) mass is 374 g/mol. The Kier molecular flexibility index (Phi) is 10.4. The molecule has 0 radical (unpaired) electrons. The minimum Gasteiger partial charge on any atom is -0.466 e. The molecule has 0 bridgehead atoms. The van der Waals surface area contributed by atoms with E-state index in [-0.39, 0.29) is 11.9 Å². The third-order valence-corrected chi connectivity index (χ3v) is 6.82. The Morgan fingerprint density at radius 2 is 1.72 bits per heavy atom. The van der Waals surface area contributed by atoms with Crippen LogP contribution in [-0.2, 0) is 23.1 Å². The fourth-order valence-electron chi connectivity index (χ4n) is 3.41. The van der Waals surface area contributed by atoms with Crippen LogP contribution in [0, 0.1) is 5.92 Å². The van der Waals surface area contributed by atoms with E-state index in [0.29, 0.717) is 23.9 Å². The third kappa shape index (κ3) is 7.53. The number of hydrogen-bond acceptors (Lipinski definition) is 5. The van der Waals surface area contributed by atoms with Gasteiger partial charge >= 0.3 is 13.6 Å². The molecule has 146 valence electrons. The zero-order valence-corrected chi connectivity index (χ0v) is 17.2. The maximum absolute atomic E-state index is 12.5. The summed E-state index contributed by atoms with van der Waals surface area (Å²) in [6, 6.07) is 0. The number of ether oxygens (including phenoxy) is 1. The third-order valence-electron chi connectivity index (χ3n) is 4.90. The first-order chi connectivity index (χ1) is 12.0. The van der Waals surface area contributed by atoms with Crippen LogP contribution in [-0.4, -0.2) is 26.4 Å². The second-order valence-corrected chi connectivity index (χ2v) is 9.04. The minimum absolute atomic E-state index is 0.0264. The quantitative estimate of drug-likeness (QED) is 0.258. The molecule has 5 nitrogen and oxygen atoms in total. The molecule has 0 N–H and O–H groups in total. The van der Waals surface area contributed by atoms with Crippen LogP contribution in [0.4, 0.5) is 0 Å². The molecule has 1 rings (SSSR count). The molecule has 0 unspecified atom stereocenters. The van der Waals surface area contributed by atoms with Crippen LogP contribution in [0.3, 0.4) is 0 Å². The first kappa shape index (κ1) is 22.2. The van der Waals surface area contributed by atoms with Gasteiger partial charge in [0.05, 0.1) is 18.8 Å². The van der Waals surface area contributed by atoms with Crippen LogP contribution in [0.25, 0.3) is 0 Å². The van der Waals surface area contributed by atoms with Crippen molar-refractivity contribution in [3.05, 3.63) is 11.3 Å². The zero-order valence-electron chi connectivity index (χ0n) is 16.3. The average molecular weight is 374 g/mol. The van der Waals surface area contributed by atoms with Crippen molar-refractivity contribution in [2.24, 2.45) is 5.92 Å². The smallest absolute Gasteiger partial charge is 0.378 e. The van der Waals surface area contributed by atoms with E-state index in [1.807, 2.05) is 0 Å². The Labute approximate surface area is 153 Å². The topological polar surface area (TPSA) is 61.8 Å². The zero-order chi connectivity index (χ0) is 18.7. The average Bonchev–Trinajstić information content (AvgIpc) is 2.73. The summed E-state index contributed by atoms with van der Waals surface area (Å²) in [5.74, 6) is 0.0317. The Morgan fingerprint density at radius 1 is 1.12 bits per heavy atom. The molecule has 1 aliphatic heterocycles. The lowest BCUT2D eigenvalue weighted by molar-refractivity contribution is -0.137. The van der Waals surface area contributed by atoms with E-state index < -0.39 is 7.60 Å². The maximum Gasteiger partial charge on any atom is 0.378 e. The Balaban J connectivity index is 2.56. The normalized spacial score (nSPS) is 23.9. The van der Waals surface area contributed by atoms with Gasteiger partial charge < -0.3 is 13.8 Å². The summed E-state index contributed by atoms with van der Waals surface area (Å²) in [5.41, 5.74) is 0.528. The maximum atomic E-state index is 12.5. The lowest BCUT2D eigenvalue weighted by Crippen LogP contribution is -2.16. The van der Waals surface area contributed by atoms with Crippen LogP contribution >= 0.6 is 7.60 Å². The largest absolute Gasteiger partial charge is 0.466 e. The van der Waals surface area contributed by atoms with Crippen LogP contribution in [0.1, 0.15) is 78.1 Å². The van der Waals surface area contributed by atoms with Crippen molar-refractivity contribution in [3.63, 3.8) is 0 Å². The van der Waals surface area contributed by atoms with Gasteiger partial charge in [0, 0.05) is 7.11 Å². The highest BCUT2D eigenvalue weighted by Crippen LogP contribution is 2.54. The van der Waals surface area contributed by atoms with Gasteiger partial charge in [-0.15, -0.1) is 0 Å². The van der Waals surface area contributed by atoms with Gasteiger partial charge in [-0.25, -0.2) is 9.36 Å². The lowest BCUT2D eigenvalue weighted by atomic mass is 9.89. The van der Waals surface area contributed by atoms with Crippen LogP contribution < -0.4 is 0 Å². The molecular formula is C19H35O5P. The van der Waals surface area contributed by atoms with Gasteiger partial charge in [-0.05, 0) is 25.7 Å². The molecule has 0 fully saturated rings. The highest BCUT2D eigenvalue weighted by atomic mass is 31.2. The van der Waals surface area contributed by atoms with Crippen molar-refractivity contribution in [2.75, 3.05) is 20.4 Å². The Hall–Kier alpha value is -0.800. The van der Waals surface area contributed by atoms with E-state index in [9.17, 15) is 9.36 Å². The lowest BCUT2D eigenvalue weighted by Gasteiger charge is -2.17. The molecule has 0 spiro atoms. The standard InChI is InChI=1S/C19H35O5P/c1-5-6-7-8-9-10-11-12-13-17-14-15-25(21,23-4)24-16(2)18(17)19(20)22-3/h17H,5-15H2,1-4H3/t17-,25-/m0/s1. The Morgan fingerprint density at radius 3 is 2.28 bits per heavy atom. The van der Waals surface area contributed by atoms with Gasteiger partial charge in [-0.1, -0.05) is 58.3 Å². The molecule has 6 heteroatoms. The fraction of sp³-hybridized carbons (Fsp3) is 0.842. The summed E-state index contributed by atoms with van der Waals surface area (Å²) in [6.07, 6.45) is 11.8. The predicted octanol–water partition coefficient (Wildman–Crippen LogP) is 5.84. The van der Waals surface area contributed by atoms with Crippen molar-refractivity contribution in [1.29, 1.82) is 0 Å². The number of esters is 1. The van der Waals surface area contributed by atoms with E-state index >= 15 is 0 Å². The van der Waals surface area contributed by atoms with Gasteiger partial charge in [-0.3, -0.25) is 0 Å². The van der Waals surface area contributed by atoms with Crippen molar-refractivity contribution in [1.82, 2.24) is 0 Å². The van der Waals surface area contributed by atoms with Crippen LogP contribution in [0.2, 0.25) is 0 Å². The van der Waals surface area contributed by atoms with E-state index in [1.165, 1.54) is 59.2 Å². The summed E-state index contributed by atoms with van der Waals surface area (Å²) in [4.78, 5) is 12.2. The first-order valence-corrected chi connectivity index (χ1v) is 11.3. The number of carbonyl (C=O) groups excluding carboxylic acids is 1. The number of hydrogen-bond donors (Lipinski definition) is 0. The number of unbranched alkanes of at least 4 members (excludes halogenated alkanes) is 7. The van der Waals surface area contributed by atoms with Crippen molar-refractivity contribution < 1.29 is 23.1 Å². The Bertz CT molecular complexity index is 486. The predicted molar refractivity (Wildman–Crippen MR) is 101 cm³/mol. The fourth-order valence-corrected chi connectivity index (χ4v) is 4.90. The number of allylic oxidation sites excluding steroid dienone is 1. The van der Waals surface area contributed by atoms with E-state index in [0.717, 1.165) is 12.8 Å². The van der Waals surface area contributed by atoms with Gasteiger partial charge in [0.15, 0.2) is 0 Å². The van der Waals surface area contributed by atoms with Crippen LogP contribution in [0.5, 0.6) is 0 Å². The van der Waals surface area contributed by atoms with Gasteiger partial charge in [0.2, 0.25) is 0 Å². The van der Waals surface area contributed by atoms with Gasteiger partial charge in [0.25, 0.3) is 0 Å². The molecule has 0 aromatic carbocycles. The van der Waals surface area contributed by atoms with Crippen molar-refractivity contribution >= 4 is 13.6 Å². The molecule has 0 saturated heterocycles. The summed E-state index contributed by atoms with van der Waals surface area (Å²) >= 11 is 0. The summed E-state index contributed by atoms with van der Waals surface area (Å²) in [7, 11) is -0.380. The molecule has 2 atom stereocenters. The molecule has 0 aromatic rings. The first-order valence-electron chi connectivity index (χ1n) is 9.61. The minimum atomic E-state index is -3.15. The van der Waals surface area contributed by atoms with E-state index in [2.05, 4.69) is 6.92 Å². The van der Waals surface area contributed by atoms with Crippen molar-refractivity contribution in [2.45, 2.75) is 78.1 Å². The second-order valence-electron chi connectivity index (χ2n) is 6.82. The molecule has 0 amide bonds.